The number of carbonyl (C=O) groups excluding carboxylic acids is 1. The number of methoxy groups -OCH3 is 1. The normalized spacial score (nSPS) is 10.8. The van der Waals surface area contributed by atoms with Crippen molar-refractivity contribution in [1.82, 2.24) is 19.9 Å². The number of aromatic nitrogens is 3. The molecular weight excluding hydrogens is 416 g/mol. The molecule has 0 aliphatic carbocycles. The molecule has 33 heavy (non-hydrogen) atoms. The number of fused-ring (bicyclic) bond motifs is 1. The van der Waals surface area contributed by atoms with Crippen LogP contribution in [-0.2, 0) is 13.0 Å². The van der Waals surface area contributed by atoms with Crippen molar-refractivity contribution in [2.45, 2.75) is 25.8 Å². The highest BCUT2D eigenvalue weighted by Crippen LogP contribution is 2.20. The Kier molecular flexibility index (Phi) is 7.53. The third-order valence-corrected chi connectivity index (χ3v) is 5.36. The van der Waals surface area contributed by atoms with Crippen LogP contribution < -0.4 is 14.8 Å². The standard InChI is InChI=1S/C26H28N4O3/c1-32-21-9-4-10-22(18-21)33-17-7-16-30-24-12-3-2-11-23(24)29-25(30)13-6-15-28-26(31)20-8-5-14-27-19-20/h2-5,8-12,14,18-19H,6-7,13,15-17H2,1H3,(H,28,31). The van der Waals surface area contributed by atoms with Crippen LogP contribution in [0.5, 0.6) is 11.5 Å². The van der Waals surface area contributed by atoms with Crippen LogP contribution in [-0.4, -0.2) is 40.7 Å². The molecule has 2 heterocycles. The van der Waals surface area contributed by atoms with Gasteiger partial charge in [-0.3, -0.25) is 9.78 Å². The number of amides is 1. The average Bonchev–Trinajstić information content (AvgIpc) is 3.22. The van der Waals surface area contributed by atoms with Crippen LogP contribution in [0.4, 0.5) is 0 Å². The number of para-hydroxylation sites is 2. The Balaban J connectivity index is 1.32. The van der Waals surface area contributed by atoms with E-state index in [-0.39, 0.29) is 5.91 Å². The topological polar surface area (TPSA) is 78.3 Å². The molecular formula is C26H28N4O3. The molecule has 7 nitrogen and oxygen atoms in total. The first-order valence-corrected chi connectivity index (χ1v) is 11.1. The number of pyridine rings is 1. The summed E-state index contributed by atoms with van der Waals surface area (Å²) in [4.78, 5) is 21.0. The van der Waals surface area contributed by atoms with Crippen molar-refractivity contribution in [3.05, 3.63) is 84.4 Å². The lowest BCUT2D eigenvalue weighted by Gasteiger charge is -2.11. The Morgan fingerprint density at radius 1 is 1.03 bits per heavy atom. The summed E-state index contributed by atoms with van der Waals surface area (Å²) in [5.41, 5.74) is 2.68. The largest absolute Gasteiger partial charge is 0.497 e. The maximum Gasteiger partial charge on any atom is 0.252 e. The molecule has 0 saturated carbocycles. The Morgan fingerprint density at radius 2 is 1.91 bits per heavy atom. The highest BCUT2D eigenvalue weighted by molar-refractivity contribution is 5.93. The lowest BCUT2D eigenvalue weighted by atomic mass is 10.2. The Morgan fingerprint density at radius 3 is 2.76 bits per heavy atom. The number of nitrogens with zero attached hydrogens (tertiary/aromatic N) is 3. The molecule has 0 bridgehead atoms. The van der Waals surface area contributed by atoms with Gasteiger partial charge in [0.2, 0.25) is 0 Å². The summed E-state index contributed by atoms with van der Waals surface area (Å²) in [6.07, 6.45) is 5.65. The van der Waals surface area contributed by atoms with E-state index in [1.807, 2.05) is 42.5 Å². The minimum atomic E-state index is -0.105. The lowest BCUT2D eigenvalue weighted by Crippen LogP contribution is -2.25. The van der Waals surface area contributed by atoms with Crippen molar-refractivity contribution in [3.63, 3.8) is 0 Å². The third-order valence-electron chi connectivity index (χ3n) is 5.36. The van der Waals surface area contributed by atoms with E-state index in [1.54, 1.807) is 31.6 Å². The van der Waals surface area contributed by atoms with Crippen LogP contribution in [0.15, 0.2) is 73.1 Å². The summed E-state index contributed by atoms with van der Waals surface area (Å²) >= 11 is 0. The van der Waals surface area contributed by atoms with E-state index in [2.05, 4.69) is 20.9 Å². The fraction of sp³-hybridized carbons (Fsp3) is 0.269. The van der Waals surface area contributed by atoms with E-state index >= 15 is 0 Å². The van der Waals surface area contributed by atoms with Gasteiger partial charge in [0.25, 0.3) is 5.91 Å². The maximum atomic E-state index is 12.2. The van der Waals surface area contributed by atoms with Gasteiger partial charge in [-0.05, 0) is 49.2 Å². The van der Waals surface area contributed by atoms with Crippen LogP contribution in [0.1, 0.15) is 29.0 Å². The van der Waals surface area contributed by atoms with E-state index in [1.165, 1.54) is 0 Å². The Labute approximate surface area is 193 Å². The second-order valence-corrected chi connectivity index (χ2v) is 7.65. The van der Waals surface area contributed by atoms with Crippen LogP contribution >= 0.6 is 0 Å². The summed E-state index contributed by atoms with van der Waals surface area (Å²) in [5, 5.41) is 2.96. The van der Waals surface area contributed by atoms with Crippen molar-refractivity contribution in [2.75, 3.05) is 20.3 Å². The van der Waals surface area contributed by atoms with E-state index in [4.69, 9.17) is 14.5 Å². The van der Waals surface area contributed by atoms with Crippen LogP contribution in [0.2, 0.25) is 0 Å². The molecule has 4 rings (SSSR count). The molecule has 0 unspecified atom stereocenters. The number of benzene rings is 2. The van der Waals surface area contributed by atoms with Gasteiger partial charge in [-0.1, -0.05) is 18.2 Å². The van der Waals surface area contributed by atoms with Gasteiger partial charge in [-0.25, -0.2) is 4.98 Å². The predicted molar refractivity (Wildman–Crippen MR) is 128 cm³/mol. The minimum Gasteiger partial charge on any atom is -0.497 e. The van der Waals surface area contributed by atoms with Gasteiger partial charge in [-0.2, -0.15) is 0 Å². The van der Waals surface area contributed by atoms with E-state index in [0.717, 1.165) is 54.2 Å². The first-order chi connectivity index (χ1) is 16.2. The summed E-state index contributed by atoms with van der Waals surface area (Å²) in [7, 11) is 1.65. The average molecular weight is 445 g/mol. The zero-order chi connectivity index (χ0) is 22.9. The van der Waals surface area contributed by atoms with Crippen molar-refractivity contribution < 1.29 is 14.3 Å². The summed E-state index contributed by atoms with van der Waals surface area (Å²) in [6, 6.07) is 19.3. The highest BCUT2D eigenvalue weighted by atomic mass is 16.5. The second-order valence-electron chi connectivity index (χ2n) is 7.65. The van der Waals surface area contributed by atoms with Gasteiger partial charge in [0.15, 0.2) is 0 Å². The fourth-order valence-corrected chi connectivity index (χ4v) is 3.72. The molecule has 170 valence electrons. The molecule has 7 heteroatoms. The molecule has 1 amide bonds. The second kappa shape index (κ2) is 11.1. The highest BCUT2D eigenvalue weighted by Gasteiger charge is 2.11. The first kappa shape index (κ1) is 22.3. The first-order valence-electron chi connectivity index (χ1n) is 11.1. The molecule has 0 atom stereocenters. The molecule has 0 radical (unpaired) electrons. The maximum absolute atomic E-state index is 12.2. The van der Waals surface area contributed by atoms with Crippen LogP contribution in [0, 0.1) is 0 Å². The number of hydrogen-bond donors (Lipinski definition) is 1. The number of hydrogen-bond acceptors (Lipinski definition) is 5. The number of imidazole rings is 1. The fourth-order valence-electron chi connectivity index (χ4n) is 3.72. The zero-order valence-electron chi connectivity index (χ0n) is 18.7. The van der Waals surface area contributed by atoms with E-state index in [9.17, 15) is 4.79 Å². The summed E-state index contributed by atoms with van der Waals surface area (Å²) in [6.45, 7) is 1.98. The SMILES string of the molecule is COc1cccc(OCCCn2c(CCCNC(=O)c3cccnc3)nc3ccccc32)c1. The molecule has 1 N–H and O–H groups in total. The number of aryl methyl sites for hydroxylation is 2. The predicted octanol–water partition coefficient (Wildman–Crippen LogP) is 4.27. The van der Waals surface area contributed by atoms with Crippen molar-refractivity contribution in [1.29, 1.82) is 0 Å². The number of nitrogens with one attached hydrogen (secondary N) is 1. The number of rotatable bonds is 11. The molecule has 2 aromatic carbocycles. The number of ether oxygens (including phenoxy) is 2. The quantitative estimate of drug-likeness (QED) is 0.350. The van der Waals surface area contributed by atoms with Crippen molar-refractivity contribution in [3.8, 4) is 11.5 Å². The number of carbonyl (C=O) groups is 1. The van der Waals surface area contributed by atoms with Gasteiger partial charge in [0, 0.05) is 38.0 Å². The van der Waals surface area contributed by atoms with Gasteiger partial charge in [-0.15, -0.1) is 0 Å². The molecule has 0 aliphatic rings. The van der Waals surface area contributed by atoms with Gasteiger partial charge < -0.3 is 19.4 Å². The van der Waals surface area contributed by atoms with Crippen molar-refractivity contribution in [2.24, 2.45) is 0 Å². The molecule has 0 fully saturated rings. The third kappa shape index (κ3) is 5.88. The zero-order valence-corrected chi connectivity index (χ0v) is 18.7. The molecule has 0 saturated heterocycles. The lowest BCUT2D eigenvalue weighted by molar-refractivity contribution is 0.0952. The van der Waals surface area contributed by atoms with E-state index in [0.29, 0.717) is 18.7 Å². The molecule has 0 aliphatic heterocycles. The molecule has 0 spiro atoms. The van der Waals surface area contributed by atoms with Crippen LogP contribution in [0.3, 0.4) is 0 Å². The minimum absolute atomic E-state index is 0.105. The van der Waals surface area contributed by atoms with Gasteiger partial charge in [0.05, 0.1) is 30.3 Å². The summed E-state index contributed by atoms with van der Waals surface area (Å²) < 4.78 is 13.4. The van der Waals surface area contributed by atoms with Gasteiger partial charge in [0.1, 0.15) is 17.3 Å². The smallest absolute Gasteiger partial charge is 0.252 e. The van der Waals surface area contributed by atoms with Crippen LogP contribution in [0.25, 0.3) is 11.0 Å². The Bertz CT molecular complexity index is 1190. The van der Waals surface area contributed by atoms with Gasteiger partial charge >= 0.3 is 0 Å². The van der Waals surface area contributed by atoms with Crippen molar-refractivity contribution >= 4 is 16.9 Å². The summed E-state index contributed by atoms with van der Waals surface area (Å²) in [5.74, 6) is 2.50. The molecule has 4 aromatic rings. The monoisotopic (exact) mass is 444 g/mol. The Hall–Kier alpha value is -3.87. The molecule has 2 aromatic heterocycles. The van der Waals surface area contributed by atoms with E-state index < -0.39 is 0 Å².